The van der Waals surface area contributed by atoms with Crippen LogP contribution in [-0.4, -0.2) is 202 Å². The summed E-state index contributed by atoms with van der Waals surface area (Å²) in [5.74, 6) is -13.2. The number of tetrazole rings is 1. The number of amides is 11. The van der Waals surface area contributed by atoms with Crippen LogP contribution in [0.3, 0.4) is 0 Å². The second kappa shape index (κ2) is 44.1. The number of aromatic nitrogens is 6. The topological polar surface area (TPSA) is 553 Å². The number of carbonyl (C=O) groups is 12. The molecular weight excluding hydrogens is 1480 g/mol. The average Bonchev–Trinajstić information content (AvgIpc) is 0.852. The Balaban J connectivity index is 1.15. The maximum Gasteiger partial charge on any atom is 0.305 e. The van der Waals surface area contributed by atoms with Gasteiger partial charge >= 0.3 is 5.97 Å². The third-order valence-corrected chi connectivity index (χ3v) is 18.5. The number of carboxylic acids is 1. The van der Waals surface area contributed by atoms with Gasteiger partial charge in [0.05, 0.1) is 43.8 Å². The fraction of sp³-hybridized carbons (Fsp3) is 0.481. The average molecular weight is 1580 g/mol. The number of ether oxygens (including phenoxy) is 1. The normalized spacial score (nSPS) is 14.1. The number of aliphatic hydroxyl groups is 2. The molecule has 36 nitrogen and oxygen atoms in total. The maximum atomic E-state index is 15.5. The van der Waals surface area contributed by atoms with E-state index in [1.54, 1.807) is 36.8 Å². The van der Waals surface area contributed by atoms with Crippen molar-refractivity contribution in [2.75, 3.05) is 19.7 Å². The van der Waals surface area contributed by atoms with Gasteiger partial charge in [0.1, 0.15) is 64.9 Å². The van der Waals surface area contributed by atoms with Crippen molar-refractivity contribution >= 4 is 70.9 Å². The molecule has 37 heteroatoms. The van der Waals surface area contributed by atoms with Gasteiger partial charge in [-0.2, -0.15) is 5.21 Å². The first-order valence-corrected chi connectivity index (χ1v) is 37.4. The second-order valence-electron chi connectivity index (χ2n) is 28.7. The number of carbonyl (C=O) groups excluding carboxylic acids is 11. The van der Waals surface area contributed by atoms with Gasteiger partial charge in [0, 0.05) is 43.3 Å². The van der Waals surface area contributed by atoms with E-state index in [1.165, 1.54) is 32.0 Å². The van der Waals surface area contributed by atoms with Crippen LogP contribution in [0.25, 0.3) is 21.6 Å². The molecule has 2 heterocycles. The zero-order valence-corrected chi connectivity index (χ0v) is 65.2. The van der Waals surface area contributed by atoms with E-state index in [-0.39, 0.29) is 37.1 Å². The van der Waals surface area contributed by atoms with Crippen LogP contribution in [0.2, 0.25) is 0 Å². The number of primary amides is 1. The quantitative estimate of drug-likeness (QED) is 0.0112. The Bertz CT molecular complexity index is 4330. The lowest BCUT2D eigenvalue weighted by Crippen LogP contribution is -2.66. The molecule has 0 aliphatic rings. The number of imidazole rings is 1. The smallest absolute Gasteiger partial charge is 0.305 e. The van der Waals surface area contributed by atoms with E-state index in [2.05, 4.69) is 93.8 Å². The van der Waals surface area contributed by atoms with Crippen LogP contribution < -0.4 is 63.6 Å². The van der Waals surface area contributed by atoms with Gasteiger partial charge < -0.3 is 83.9 Å². The van der Waals surface area contributed by atoms with Crippen molar-refractivity contribution in [2.24, 2.45) is 10.8 Å². The number of carboxylic acid groups (broad SMARTS) is 1. The zero-order valence-electron chi connectivity index (χ0n) is 65.2. The summed E-state index contributed by atoms with van der Waals surface area (Å²) in [6, 6.07) is 11.8. The van der Waals surface area contributed by atoms with E-state index in [9.17, 15) is 72.9 Å². The van der Waals surface area contributed by atoms with E-state index in [0.717, 1.165) is 72.8 Å². The number of hydrogen-bond donors (Lipinski definition) is 16. The van der Waals surface area contributed by atoms with Crippen molar-refractivity contribution in [1.29, 1.82) is 0 Å². The van der Waals surface area contributed by atoms with Gasteiger partial charge in [0.2, 0.25) is 65.0 Å². The molecule has 614 valence electrons. The summed E-state index contributed by atoms with van der Waals surface area (Å²) >= 11 is 0. The number of nitrogens with two attached hydrogens (primary N) is 1. The van der Waals surface area contributed by atoms with Crippen LogP contribution >= 0.6 is 0 Å². The van der Waals surface area contributed by atoms with Crippen LogP contribution in [0.5, 0.6) is 5.75 Å². The van der Waals surface area contributed by atoms with Gasteiger partial charge in [-0.1, -0.05) is 95.1 Å². The van der Waals surface area contributed by atoms with Crippen LogP contribution in [0, 0.1) is 19.7 Å². The molecule has 11 amide bonds. The highest BCUT2D eigenvalue weighted by Gasteiger charge is 2.43. The predicted molar refractivity (Wildman–Crippen MR) is 412 cm³/mol. The molecule has 0 aliphatic heterocycles. The van der Waals surface area contributed by atoms with Crippen molar-refractivity contribution in [1.82, 2.24) is 83.8 Å². The number of nitrogens with zero attached hydrogens (tertiary/aromatic N) is 7. The van der Waals surface area contributed by atoms with Gasteiger partial charge in [0.25, 0.3) is 0 Å². The first kappa shape index (κ1) is 90.6. The molecule has 0 radical (unpaired) electrons. The van der Waals surface area contributed by atoms with Crippen LogP contribution in [-0.2, 0) is 96.1 Å². The Hall–Kier alpha value is -12.2. The molecule has 6 rings (SSSR count). The molecule has 0 bridgehead atoms. The molecule has 0 fully saturated rings. The molecule has 0 spiro atoms. The number of nitrogens with one attached hydrogen (secondary N) is 12. The standard InChI is InChI=1S/C77H103FN20O16/c1-10-50-36-54(114-31-16-15-30-84-96-80)28-29-55(50)51-26-24-48(25-27-51)35-58(70(108)86-57(67(79)105)22-17-18-49-33-43(2)32-44(3)34-49)88-71(109)60(38-64(103)104)87-68(106)45(4)85-72(110)65(46(5)99)91-75(113)77(9,39-52-19-11-13-21-56(52)78)93-73(111)66(47(6)100)90-63(102)41-82-69(107)59(37-61-94-97-98-95-61)89-74(112)76(7,8)92-62(101)23-14-12-20-53-40-81-42-83-53/h11,13,19,21,24-29,32-34,36,40,42,45-47,57-60,65-66,99-100H,10,12,14-18,20,22-23,30-31,35,37-39,41H2,1-9H3,(H2,79,105)(H,81,83)(H,82,107)(H,85,110)(H,86,108)(H,87,106)(H,88,109)(H,89,112)(H,90,102)(H,91,113)(H,92,101)(H,93,111)(H,103,104)(H,94,95,97,98)/t45-,46+,47+,57-,58-,59-,60-,65-,66-,77-/m0/s1. The summed E-state index contributed by atoms with van der Waals surface area (Å²) in [6.07, 6.45) is 2.09. The third-order valence-electron chi connectivity index (χ3n) is 18.5. The highest BCUT2D eigenvalue weighted by atomic mass is 19.1. The van der Waals surface area contributed by atoms with Crippen LogP contribution in [0.4, 0.5) is 4.39 Å². The first-order valence-electron chi connectivity index (χ1n) is 37.4. The molecular formula is C77H103FN20O16. The minimum Gasteiger partial charge on any atom is -0.494 e. The molecule has 4 aromatic carbocycles. The second-order valence-corrected chi connectivity index (χ2v) is 28.7. The summed E-state index contributed by atoms with van der Waals surface area (Å²) in [6.45, 7) is 12.9. The number of rotatable bonds is 47. The summed E-state index contributed by atoms with van der Waals surface area (Å²) in [5.41, 5.74) is 17.3. The summed E-state index contributed by atoms with van der Waals surface area (Å²) in [5, 5.41) is 73.4. The fourth-order valence-corrected chi connectivity index (χ4v) is 12.3. The number of halogens is 1. The number of aliphatic carboxylic acids is 1. The van der Waals surface area contributed by atoms with Crippen molar-refractivity contribution in [3.05, 3.63) is 159 Å². The van der Waals surface area contributed by atoms with Crippen molar-refractivity contribution in [3.8, 4) is 16.9 Å². The third kappa shape index (κ3) is 29.1. The number of H-pyrrole nitrogens is 2. The summed E-state index contributed by atoms with van der Waals surface area (Å²) < 4.78 is 21.5. The minimum atomic E-state index is -2.35. The summed E-state index contributed by atoms with van der Waals surface area (Å²) in [7, 11) is 0. The molecule has 2 aromatic heterocycles. The maximum absolute atomic E-state index is 15.5. The van der Waals surface area contributed by atoms with Crippen LogP contribution in [0.15, 0.2) is 103 Å². The molecule has 0 aliphatic carbocycles. The van der Waals surface area contributed by atoms with Gasteiger partial charge in [-0.15, -0.1) is 10.2 Å². The van der Waals surface area contributed by atoms with Crippen molar-refractivity contribution < 1.29 is 82.0 Å². The molecule has 0 saturated heterocycles. The lowest BCUT2D eigenvalue weighted by atomic mass is 9.90. The Kier molecular flexibility index (Phi) is 35.1. The minimum absolute atomic E-state index is 0.0381. The molecule has 17 N–H and O–H groups in total. The Morgan fingerprint density at radius 1 is 0.667 bits per heavy atom. The van der Waals surface area contributed by atoms with E-state index in [4.69, 9.17) is 16.0 Å². The molecule has 114 heavy (non-hydrogen) atoms. The number of unbranched alkanes of at least 4 members (excludes halogenated alkanes) is 2. The van der Waals surface area contributed by atoms with E-state index < -0.39 is 162 Å². The van der Waals surface area contributed by atoms with Gasteiger partial charge in [-0.05, 0) is 170 Å². The number of hydrogen-bond acceptors (Lipinski definition) is 20. The number of azide groups is 1. The molecule has 6 aromatic rings. The number of benzene rings is 4. The molecule has 10 atom stereocenters. The molecule has 0 unspecified atom stereocenters. The predicted octanol–water partition coefficient (Wildman–Crippen LogP) is 1.86. The van der Waals surface area contributed by atoms with E-state index in [0.29, 0.717) is 75.8 Å². The zero-order chi connectivity index (χ0) is 83.8. The number of aliphatic hydroxyl groups excluding tert-OH is 2. The lowest BCUT2D eigenvalue weighted by molar-refractivity contribution is -0.142. The SMILES string of the molecule is CCc1cc(OCCCCN=[N+]=[N-])ccc1-c1ccc(C[C@H](NC(=O)[C@H](CC(=O)O)NC(=O)[C@H](C)NC(=O)[C@@H](NC(=O)[C@](C)(Cc2ccccc2F)NC(=O)[C@@H](NC(=O)CNC(=O)[C@H](Cc2nn[nH]n2)NC(=O)C(C)(C)NC(=O)CCCCc2c[nH]cn2)[C@@H](C)O)[C@@H](C)O)C(=O)N[C@@H](CCCc2cc(C)cc(C)c2)C(N)=O)cc1. The highest BCUT2D eigenvalue weighted by Crippen LogP contribution is 2.29. The van der Waals surface area contributed by atoms with Crippen LogP contribution in [0.1, 0.15) is 145 Å². The largest absolute Gasteiger partial charge is 0.494 e. The van der Waals surface area contributed by atoms with Gasteiger partial charge in [-0.25, -0.2) is 9.37 Å². The van der Waals surface area contributed by atoms with Crippen molar-refractivity contribution in [2.45, 2.75) is 218 Å². The lowest BCUT2D eigenvalue weighted by Gasteiger charge is -2.34. The number of aromatic amines is 2. The Morgan fingerprint density at radius 3 is 1.96 bits per heavy atom. The van der Waals surface area contributed by atoms with Gasteiger partial charge in [-0.3, -0.25) is 57.5 Å². The Morgan fingerprint density at radius 2 is 1.33 bits per heavy atom. The fourth-order valence-electron chi connectivity index (χ4n) is 12.3. The monoisotopic (exact) mass is 1580 g/mol. The van der Waals surface area contributed by atoms with Gasteiger partial charge in [0.15, 0.2) is 5.82 Å². The van der Waals surface area contributed by atoms with Crippen molar-refractivity contribution in [3.63, 3.8) is 0 Å². The first-order chi connectivity index (χ1) is 54.1. The number of aryl methyl sites for hydroxylation is 5. The Labute approximate surface area is 657 Å². The summed E-state index contributed by atoms with van der Waals surface area (Å²) in [4.78, 5) is 176. The van der Waals surface area contributed by atoms with E-state index in [1.807, 2.05) is 57.2 Å². The molecule has 0 saturated carbocycles. The highest BCUT2D eigenvalue weighted by molar-refractivity contribution is 6.00. The van der Waals surface area contributed by atoms with E-state index >= 15 is 4.39 Å².